The SMILES string of the molecule is COCCCNC(=O)CCN(C(=O)c1ccoc1)C(C)C. The number of rotatable bonds is 9. The number of ether oxygens (including phenoxy) is 1. The Labute approximate surface area is 125 Å². The minimum absolute atomic E-state index is 0.0219. The van der Waals surface area contributed by atoms with E-state index < -0.39 is 0 Å². The number of carbonyl (C=O) groups is 2. The maximum atomic E-state index is 12.3. The first kappa shape index (κ1) is 17.2. The van der Waals surface area contributed by atoms with Gasteiger partial charge in [0.15, 0.2) is 0 Å². The van der Waals surface area contributed by atoms with Crippen molar-refractivity contribution in [1.29, 1.82) is 0 Å². The molecule has 0 unspecified atom stereocenters. The van der Waals surface area contributed by atoms with Gasteiger partial charge in [-0.3, -0.25) is 9.59 Å². The van der Waals surface area contributed by atoms with Crippen LogP contribution in [0.2, 0.25) is 0 Å². The van der Waals surface area contributed by atoms with Crippen LogP contribution in [0.5, 0.6) is 0 Å². The van der Waals surface area contributed by atoms with Gasteiger partial charge in [-0.05, 0) is 26.3 Å². The standard InChI is InChI=1S/C15H24N2O4/c1-12(2)17(15(19)13-6-10-21-11-13)8-5-14(18)16-7-4-9-20-3/h6,10-12H,4-5,7-9H2,1-3H3,(H,16,18). The minimum atomic E-state index is -0.120. The van der Waals surface area contributed by atoms with Crippen LogP contribution in [0, 0.1) is 0 Å². The van der Waals surface area contributed by atoms with Crippen LogP contribution >= 0.6 is 0 Å². The zero-order valence-electron chi connectivity index (χ0n) is 12.9. The van der Waals surface area contributed by atoms with Gasteiger partial charge in [-0.1, -0.05) is 0 Å². The summed E-state index contributed by atoms with van der Waals surface area (Å²) in [6.07, 6.45) is 3.95. The second kappa shape index (κ2) is 9.18. The normalized spacial score (nSPS) is 10.7. The molecule has 0 aliphatic carbocycles. The molecule has 0 saturated carbocycles. The highest BCUT2D eigenvalue weighted by molar-refractivity contribution is 5.94. The average Bonchev–Trinajstić information content (AvgIpc) is 2.97. The third-order valence-corrected chi connectivity index (χ3v) is 3.08. The maximum Gasteiger partial charge on any atom is 0.257 e. The average molecular weight is 296 g/mol. The fourth-order valence-corrected chi connectivity index (χ4v) is 1.90. The van der Waals surface area contributed by atoms with Gasteiger partial charge in [0, 0.05) is 39.3 Å². The molecule has 1 rings (SSSR count). The molecule has 0 fully saturated rings. The number of hydrogen-bond acceptors (Lipinski definition) is 4. The second-order valence-electron chi connectivity index (χ2n) is 5.05. The molecule has 0 aliphatic heterocycles. The molecule has 0 aliphatic rings. The summed E-state index contributed by atoms with van der Waals surface area (Å²) in [5, 5.41) is 2.81. The molecule has 6 nitrogen and oxygen atoms in total. The molecular weight excluding hydrogens is 272 g/mol. The van der Waals surface area contributed by atoms with Gasteiger partial charge in [-0.2, -0.15) is 0 Å². The number of carbonyl (C=O) groups excluding carboxylic acids is 2. The highest BCUT2D eigenvalue weighted by Gasteiger charge is 2.20. The van der Waals surface area contributed by atoms with Crippen molar-refractivity contribution in [3.8, 4) is 0 Å². The van der Waals surface area contributed by atoms with E-state index in [9.17, 15) is 9.59 Å². The molecule has 1 heterocycles. The van der Waals surface area contributed by atoms with E-state index in [1.54, 1.807) is 18.1 Å². The van der Waals surface area contributed by atoms with Gasteiger partial charge in [-0.25, -0.2) is 0 Å². The topological polar surface area (TPSA) is 71.8 Å². The van der Waals surface area contributed by atoms with Crippen LogP contribution in [-0.4, -0.2) is 49.6 Å². The third-order valence-electron chi connectivity index (χ3n) is 3.08. The van der Waals surface area contributed by atoms with Gasteiger partial charge in [-0.15, -0.1) is 0 Å². The van der Waals surface area contributed by atoms with Gasteiger partial charge in [0.1, 0.15) is 6.26 Å². The molecule has 1 aromatic heterocycles. The van der Waals surface area contributed by atoms with E-state index >= 15 is 0 Å². The van der Waals surface area contributed by atoms with Crippen LogP contribution in [0.4, 0.5) is 0 Å². The maximum absolute atomic E-state index is 12.3. The van der Waals surface area contributed by atoms with Crippen molar-refractivity contribution in [2.75, 3.05) is 26.8 Å². The van der Waals surface area contributed by atoms with Crippen molar-refractivity contribution in [2.24, 2.45) is 0 Å². The van der Waals surface area contributed by atoms with Crippen molar-refractivity contribution in [2.45, 2.75) is 32.7 Å². The number of nitrogens with one attached hydrogen (secondary N) is 1. The highest BCUT2D eigenvalue weighted by atomic mass is 16.5. The molecule has 0 atom stereocenters. The summed E-state index contributed by atoms with van der Waals surface area (Å²) in [6, 6.07) is 1.65. The first-order valence-electron chi connectivity index (χ1n) is 7.15. The van der Waals surface area contributed by atoms with Crippen molar-refractivity contribution >= 4 is 11.8 Å². The Morgan fingerprint density at radius 1 is 1.43 bits per heavy atom. The number of hydrogen-bond donors (Lipinski definition) is 1. The Morgan fingerprint density at radius 3 is 2.76 bits per heavy atom. The Balaban J connectivity index is 2.41. The van der Waals surface area contributed by atoms with Gasteiger partial charge in [0.25, 0.3) is 5.91 Å². The van der Waals surface area contributed by atoms with Crippen LogP contribution in [0.1, 0.15) is 37.0 Å². The Hall–Kier alpha value is -1.82. The summed E-state index contributed by atoms with van der Waals surface area (Å²) in [5.41, 5.74) is 0.504. The van der Waals surface area contributed by atoms with E-state index in [0.717, 1.165) is 6.42 Å². The van der Waals surface area contributed by atoms with Gasteiger partial charge in [0.2, 0.25) is 5.91 Å². The van der Waals surface area contributed by atoms with E-state index in [1.807, 2.05) is 13.8 Å². The molecule has 0 bridgehead atoms. The molecule has 0 aromatic carbocycles. The van der Waals surface area contributed by atoms with Crippen LogP contribution in [0.15, 0.2) is 23.0 Å². The van der Waals surface area contributed by atoms with Crippen molar-refractivity contribution < 1.29 is 18.7 Å². The fourth-order valence-electron chi connectivity index (χ4n) is 1.90. The van der Waals surface area contributed by atoms with E-state index in [4.69, 9.17) is 9.15 Å². The lowest BCUT2D eigenvalue weighted by atomic mass is 10.2. The molecule has 21 heavy (non-hydrogen) atoms. The van der Waals surface area contributed by atoms with E-state index in [2.05, 4.69) is 5.32 Å². The molecule has 1 N–H and O–H groups in total. The van der Waals surface area contributed by atoms with Gasteiger partial charge < -0.3 is 19.4 Å². The van der Waals surface area contributed by atoms with Crippen LogP contribution in [0.25, 0.3) is 0 Å². The number of amides is 2. The molecule has 0 radical (unpaired) electrons. The summed E-state index contributed by atoms with van der Waals surface area (Å²) in [7, 11) is 1.63. The molecule has 2 amide bonds. The van der Waals surface area contributed by atoms with Gasteiger partial charge in [0.05, 0.1) is 11.8 Å². The molecule has 1 aromatic rings. The van der Waals surface area contributed by atoms with E-state index in [0.29, 0.717) is 25.3 Å². The van der Waals surface area contributed by atoms with Crippen molar-refractivity contribution in [3.05, 3.63) is 24.2 Å². The molecule has 118 valence electrons. The van der Waals surface area contributed by atoms with Crippen molar-refractivity contribution in [3.63, 3.8) is 0 Å². The summed E-state index contributed by atoms with van der Waals surface area (Å²) in [4.78, 5) is 25.7. The lowest BCUT2D eigenvalue weighted by molar-refractivity contribution is -0.121. The summed E-state index contributed by atoms with van der Waals surface area (Å²) in [5.74, 6) is -0.178. The predicted molar refractivity (Wildman–Crippen MR) is 79.0 cm³/mol. The van der Waals surface area contributed by atoms with Crippen LogP contribution < -0.4 is 5.32 Å². The lowest BCUT2D eigenvalue weighted by Crippen LogP contribution is -2.39. The zero-order chi connectivity index (χ0) is 15.7. The summed E-state index contributed by atoms with van der Waals surface area (Å²) < 4.78 is 9.84. The van der Waals surface area contributed by atoms with Crippen LogP contribution in [-0.2, 0) is 9.53 Å². The molecule has 0 saturated heterocycles. The third kappa shape index (κ3) is 5.99. The zero-order valence-corrected chi connectivity index (χ0v) is 12.9. The quantitative estimate of drug-likeness (QED) is 0.704. The van der Waals surface area contributed by atoms with E-state index in [-0.39, 0.29) is 24.3 Å². The van der Waals surface area contributed by atoms with Crippen molar-refractivity contribution in [1.82, 2.24) is 10.2 Å². The minimum Gasteiger partial charge on any atom is -0.472 e. The van der Waals surface area contributed by atoms with E-state index in [1.165, 1.54) is 12.5 Å². The predicted octanol–water partition coefficient (Wildman–Crippen LogP) is 1.67. The summed E-state index contributed by atoms with van der Waals surface area (Å²) >= 11 is 0. The lowest BCUT2D eigenvalue weighted by Gasteiger charge is -2.26. The molecule has 0 spiro atoms. The number of nitrogens with zero attached hydrogens (tertiary/aromatic N) is 1. The number of furan rings is 1. The fraction of sp³-hybridized carbons (Fsp3) is 0.600. The monoisotopic (exact) mass is 296 g/mol. The largest absolute Gasteiger partial charge is 0.472 e. The van der Waals surface area contributed by atoms with Crippen LogP contribution in [0.3, 0.4) is 0 Å². The summed E-state index contributed by atoms with van der Waals surface area (Å²) in [6.45, 7) is 5.45. The first-order chi connectivity index (χ1) is 10.1. The highest BCUT2D eigenvalue weighted by Crippen LogP contribution is 2.09. The first-order valence-corrected chi connectivity index (χ1v) is 7.15. The second-order valence-corrected chi connectivity index (χ2v) is 5.05. The Morgan fingerprint density at radius 2 is 2.19 bits per heavy atom. The molecular formula is C15H24N2O4. The Kier molecular flexibility index (Phi) is 7.53. The molecule has 6 heteroatoms. The van der Waals surface area contributed by atoms with Gasteiger partial charge >= 0.3 is 0 Å². The Bertz CT molecular complexity index is 429. The smallest absolute Gasteiger partial charge is 0.257 e. The number of methoxy groups -OCH3 is 1.